The zero-order chi connectivity index (χ0) is 19.9. The third-order valence-electron chi connectivity index (χ3n) is 5.19. The largest absolute Gasteiger partial charge is 0.429 e. The van der Waals surface area contributed by atoms with E-state index in [-0.39, 0.29) is 22.8 Å². The molecule has 0 aromatic rings. The highest BCUT2D eigenvalue weighted by molar-refractivity contribution is 6.32. The molecule has 0 N–H and O–H groups in total. The van der Waals surface area contributed by atoms with Gasteiger partial charge in [0.25, 0.3) is 0 Å². The summed E-state index contributed by atoms with van der Waals surface area (Å²) in [5.74, 6) is 3.57. The topological polar surface area (TPSA) is 30.8 Å². The lowest BCUT2D eigenvalue weighted by Gasteiger charge is -2.44. The van der Waals surface area contributed by atoms with Crippen LogP contribution in [0.1, 0.15) is 12.8 Å². The fraction of sp³-hybridized carbons (Fsp3) is 0.476. The Morgan fingerprint density at radius 2 is 1.93 bits per heavy atom. The Hall–Kier alpha value is -1.81. The van der Waals surface area contributed by atoms with Gasteiger partial charge in [-0.25, -0.2) is 0 Å². The van der Waals surface area contributed by atoms with E-state index in [4.69, 9.17) is 21.1 Å². The van der Waals surface area contributed by atoms with Crippen LogP contribution in [0.2, 0.25) is 0 Å². The van der Waals surface area contributed by atoms with E-state index in [0.29, 0.717) is 0 Å². The molecule has 3 atom stereocenters. The van der Waals surface area contributed by atoms with E-state index in [0.717, 1.165) is 12.8 Å². The van der Waals surface area contributed by atoms with Crippen LogP contribution in [-0.2, 0) is 9.47 Å². The summed E-state index contributed by atoms with van der Waals surface area (Å²) >= 11 is 6.02. The van der Waals surface area contributed by atoms with Crippen molar-refractivity contribution < 1.29 is 22.6 Å². The number of ether oxygens (including phenoxy) is 2. The molecule has 0 aromatic carbocycles. The maximum atomic E-state index is 14.4. The molecule has 1 aliphatic heterocycles. The van der Waals surface area contributed by atoms with Gasteiger partial charge in [0.15, 0.2) is 6.23 Å². The average Bonchev–Trinajstić information content (AvgIpc) is 3.50. The number of hydrogen-bond donors (Lipinski definition) is 0. The minimum atomic E-state index is -4.71. The van der Waals surface area contributed by atoms with E-state index in [2.05, 4.69) is 16.8 Å². The Morgan fingerprint density at radius 1 is 1.21 bits per heavy atom. The van der Waals surface area contributed by atoms with Crippen molar-refractivity contribution in [2.24, 2.45) is 22.7 Å². The minimum Gasteiger partial charge on any atom is -0.373 e. The quantitative estimate of drug-likeness (QED) is 0.494. The van der Waals surface area contributed by atoms with Crippen molar-refractivity contribution in [1.29, 1.82) is 0 Å². The van der Waals surface area contributed by atoms with Gasteiger partial charge in [-0.05, 0) is 25.0 Å². The fourth-order valence-corrected chi connectivity index (χ4v) is 3.62. The monoisotopic (exact) mass is 409 g/mol. The minimum absolute atomic E-state index is 0.000826. The number of allylic oxidation sites excluding steroid dienone is 3. The average molecular weight is 410 g/mol. The molecule has 1 heterocycles. The van der Waals surface area contributed by atoms with E-state index >= 15 is 0 Å². The first-order chi connectivity index (χ1) is 13.3. The van der Waals surface area contributed by atoms with Crippen LogP contribution in [0.4, 0.5) is 13.2 Å². The molecule has 4 rings (SSSR count). The summed E-state index contributed by atoms with van der Waals surface area (Å²) < 4.78 is 54.0. The van der Waals surface area contributed by atoms with E-state index in [1.807, 2.05) is 0 Å². The Bertz CT molecular complexity index is 843. The number of nitrogens with zero attached hydrogens (tertiary/aromatic N) is 1. The van der Waals surface area contributed by atoms with Gasteiger partial charge in [0, 0.05) is 29.7 Å². The number of aliphatic imine (C=N–C) groups is 1. The molecule has 1 saturated carbocycles. The van der Waals surface area contributed by atoms with Gasteiger partial charge in [0.1, 0.15) is 0 Å². The summed E-state index contributed by atoms with van der Waals surface area (Å²) in [6.45, 7) is 0. The zero-order valence-electron chi connectivity index (χ0n) is 15.1. The molecule has 0 unspecified atom stereocenters. The number of halogens is 4. The van der Waals surface area contributed by atoms with Gasteiger partial charge in [-0.15, -0.1) is 0 Å². The molecular weight excluding hydrogens is 391 g/mol. The van der Waals surface area contributed by atoms with Crippen molar-refractivity contribution in [3.63, 3.8) is 0 Å². The molecule has 0 aromatic heterocycles. The molecule has 0 bridgehead atoms. The summed E-state index contributed by atoms with van der Waals surface area (Å²) in [4.78, 5) is 4.46. The molecule has 4 aliphatic rings. The maximum absolute atomic E-state index is 14.4. The predicted molar refractivity (Wildman–Crippen MR) is 101 cm³/mol. The van der Waals surface area contributed by atoms with Crippen LogP contribution < -0.4 is 0 Å². The van der Waals surface area contributed by atoms with Crippen LogP contribution in [0.5, 0.6) is 0 Å². The van der Waals surface area contributed by atoms with Crippen LogP contribution in [0.15, 0.2) is 52.6 Å². The molecule has 0 saturated heterocycles. The fourth-order valence-electron chi connectivity index (χ4n) is 3.43. The molecule has 28 heavy (non-hydrogen) atoms. The van der Waals surface area contributed by atoms with Crippen LogP contribution in [0.3, 0.4) is 0 Å². The van der Waals surface area contributed by atoms with Gasteiger partial charge >= 0.3 is 6.18 Å². The normalized spacial score (nSPS) is 36.9. The number of hydrogen-bond acceptors (Lipinski definition) is 3. The molecular formula is C21H19ClF3NO2. The molecule has 7 heteroatoms. The lowest BCUT2D eigenvalue weighted by atomic mass is 9.79. The molecule has 148 valence electrons. The third kappa shape index (κ3) is 3.59. The van der Waals surface area contributed by atoms with Crippen molar-refractivity contribution in [2.45, 2.75) is 37.0 Å². The summed E-state index contributed by atoms with van der Waals surface area (Å²) in [5.41, 5.74) is -2.40. The number of methoxy groups -OCH3 is 1. The Kier molecular flexibility index (Phi) is 5.03. The Morgan fingerprint density at radius 3 is 2.54 bits per heavy atom. The molecule has 0 spiro atoms. The smallest absolute Gasteiger partial charge is 0.373 e. The number of alkyl halides is 3. The lowest BCUT2D eigenvalue weighted by molar-refractivity contribution is -0.278. The summed E-state index contributed by atoms with van der Waals surface area (Å²) in [6, 6.07) is 0. The van der Waals surface area contributed by atoms with Crippen LogP contribution in [0.25, 0.3) is 0 Å². The van der Waals surface area contributed by atoms with Crippen molar-refractivity contribution >= 4 is 17.3 Å². The van der Waals surface area contributed by atoms with Crippen LogP contribution in [0, 0.1) is 29.6 Å². The third-order valence-corrected chi connectivity index (χ3v) is 5.44. The first kappa shape index (κ1) is 19.5. The van der Waals surface area contributed by atoms with Gasteiger partial charge in [0.05, 0.1) is 12.0 Å². The van der Waals surface area contributed by atoms with E-state index in [1.54, 1.807) is 37.5 Å². The standard InChI is InChI=1S/C21H19ClF3NO2/c1-27-16-7-4-14(5-8-16)19-26-18-9-6-15(22)12-17(18)20(28-19,21(23,24)25)11-10-13-2-3-13/h4-9,12-14,16-17,19H,2-3H2,1H3/t14?,16?,17-,19+,20+/m0/s1. The second-order valence-corrected chi connectivity index (χ2v) is 7.69. The number of rotatable bonds is 2. The molecule has 0 radical (unpaired) electrons. The summed E-state index contributed by atoms with van der Waals surface area (Å²) in [6.07, 6.45) is 7.14. The SMILES string of the molecule is COC1C=CC([C@@H]2N=C3C=CC(Cl)=C[C@@H]3[C@](C#CC3CC3)(C(F)(F)F)O2)C=C1. The first-order valence-corrected chi connectivity index (χ1v) is 9.50. The van der Waals surface area contributed by atoms with Crippen LogP contribution in [-0.4, -0.2) is 36.9 Å². The second kappa shape index (κ2) is 7.22. The first-order valence-electron chi connectivity index (χ1n) is 9.12. The summed E-state index contributed by atoms with van der Waals surface area (Å²) in [7, 11) is 1.56. The van der Waals surface area contributed by atoms with Gasteiger partial charge < -0.3 is 9.47 Å². The van der Waals surface area contributed by atoms with Gasteiger partial charge in [-0.3, -0.25) is 4.99 Å². The molecule has 3 aliphatic carbocycles. The van der Waals surface area contributed by atoms with Crippen molar-refractivity contribution in [2.75, 3.05) is 7.11 Å². The molecule has 1 fully saturated rings. The van der Waals surface area contributed by atoms with Crippen molar-refractivity contribution in [3.8, 4) is 11.8 Å². The van der Waals surface area contributed by atoms with Gasteiger partial charge in [-0.2, -0.15) is 13.2 Å². The lowest BCUT2D eigenvalue weighted by Crippen LogP contribution is -2.59. The Labute approximate surface area is 166 Å². The molecule has 3 nitrogen and oxygen atoms in total. The maximum Gasteiger partial charge on any atom is 0.429 e. The predicted octanol–water partition coefficient (Wildman–Crippen LogP) is 4.56. The Balaban J connectivity index is 1.76. The van der Waals surface area contributed by atoms with Crippen LogP contribution >= 0.6 is 11.6 Å². The highest BCUT2D eigenvalue weighted by Gasteiger charge is 2.64. The highest BCUT2D eigenvalue weighted by Crippen LogP contribution is 2.47. The van der Waals surface area contributed by atoms with Gasteiger partial charge in [0.2, 0.25) is 5.60 Å². The number of fused-ring (bicyclic) bond motifs is 1. The second-order valence-electron chi connectivity index (χ2n) is 7.25. The van der Waals surface area contributed by atoms with E-state index < -0.39 is 29.8 Å². The summed E-state index contributed by atoms with van der Waals surface area (Å²) in [5, 5.41) is 0.216. The molecule has 0 amide bonds. The highest BCUT2D eigenvalue weighted by atomic mass is 35.5. The van der Waals surface area contributed by atoms with Gasteiger partial charge in [-0.1, -0.05) is 53.8 Å². The van der Waals surface area contributed by atoms with E-state index in [1.165, 1.54) is 12.2 Å². The van der Waals surface area contributed by atoms with E-state index in [9.17, 15) is 13.2 Å². The zero-order valence-corrected chi connectivity index (χ0v) is 15.9. The van der Waals surface area contributed by atoms with Crippen molar-refractivity contribution in [1.82, 2.24) is 0 Å². The van der Waals surface area contributed by atoms with Crippen molar-refractivity contribution in [3.05, 3.63) is 47.6 Å².